The number of rotatable bonds is 5. The first-order valence-electron chi connectivity index (χ1n) is 5.58. The monoisotopic (exact) mass is 242 g/mol. The first kappa shape index (κ1) is 13.2. The van der Waals surface area contributed by atoms with Gasteiger partial charge in [0.25, 0.3) is 0 Å². The predicted octanol–water partition coefficient (Wildman–Crippen LogP) is 4.16. The summed E-state index contributed by atoms with van der Waals surface area (Å²) in [7, 11) is 1.63. The molecular formula is C13H19ClO2. The zero-order chi connectivity index (χ0) is 12.1. The van der Waals surface area contributed by atoms with E-state index in [0.717, 1.165) is 12.2 Å². The lowest BCUT2D eigenvalue weighted by Crippen LogP contribution is -2.22. The van der Waals surface area contributed by atoms with Crippen LogP contribution in [0.1, 0.15) is 27.2 Å². The van der Waals surface area contributed by atoms with Crippen LogP contribution in [0.5, 0.6) is 11.5 Å². The predicted molar refractivity (Wildman–Crippen MR) is 67.5 cm³/mol. The molecule has 0 amide bonds. The molecule has 0 aliphatic carbocycles. The summed E-state index contributed by atoms with van der Waals surface area (Å²) in [6, 6.07) is 5.45. The van der Waals surface area contributed by atoms with E-state index in [1.165, 1.54) is 0 Å². The van der Waals surface area contributed by atoms with E-state index in [4.69, 9.17) is 21.1 Å². The normalized spacial score (nSPS) is 12.6. The number of hydrogen-bond acceptors (Lipinski definition) is 2. The number of halogens is 1. The second-order valence-electron chi connectivity index (χ2n) is 4.10. The summed E-state index contributed by atoms with van der Waals surface area (Å²) in [5.41, 5.74) is 0. The molecule has 0 aromatic heterocycles. The van der Waals surface area contributed by atoms with Crippen molar-refractivity contribution in [3.63, 3.8) is 0 Å². The summed E-state index contributed by atoms with van der Waals surface area (Å²) < 4.78 is 11.0. The van der Waals surface area contributed by atoms with Gasteiger partial charge >= 0.3 is 0 Å². The molecule has 16 heavy (non-hydrogen) atoms. The minimum Gasteiger partial charge on any atom is -0.497 e. The maximum atomic E-state index is 6.08. The van der Waals surface area contributed by atoms with Gasteiger partial charge in [0.05, 0.1) is 12.1 Å². The van der Waals surface area contributed by atoms with E-state index < -0.39 is 0 Å². The van der Waals surface area contributed by atoms with Crippen LogP contribution in [0, 0.1) is 5.92 Å². The van der Waals surface area contributed by atoms with Crippen LogP contribution in [-0.2, 0) is 0 Å². The Morgan fingerprint density at radius 1 is 1.31 bits per heavy atom. The van der Waals surface area contributed by atoms with Crippen molar-refractivity contribution in [3.05, 3.63) is 23.2 Å². The molecule has 0 N–H and O–H groups in total. The van der Waals surface area contributed by atoms with Gasteiger partial charge in [-0.15, -0.1) is 0 Å². The number of methoxy groups -OCH3 is 1. The van der Waals surface area contributed by atoms with Crippen molar-refractivity contribution in [2.75, 3.05) is 7.11 Å². The Kier molecular flexibility index (Phi) is 4.94. The highest BCUT2D eigenvalue weighted by atomic mass is 35.5. The molecule has 1 aromatic rings. The molecule has 0 saturated carbocycles. The Morgan fingerprint density at radius 2 is 2.00 bits per heavy atom. The average molecular weight is 243 g/mol. The fourth-order valence-electron chi connectivity index (χ4n) is 1.55. The topological polar surface area (TPSA) is 18.5 Å². The summed E-state index contributed by atoms with van der Waals surface area (Å²) in [5, 5.41) is 0.625. The van der Waals surface area contributed by atoms with E-state index in [0.29, 0.717) is 16.7 Å². The second-order valence-corrected chi connectivity index (χ2v) is 4.51. The molecule has 0 aliphatic rings. The molecule has 0 saturated heterocycles. The molecule has 0 bridgehead atoms. The summed E-state index contributed by atoms with van der Waals surface area (Å²) in [6.07, 6.45) is 1.15. The van der Waals surface area contributed by atoms with Crippen LogP contribution in [0.4, 0.5) is 0 Å². The van der Waals surface area contributed by atoms with E-state index in [-0.39, 0.29) is 6.10 Å². The average Bonchev–Trinajstić information content (AvgIpc) is 2.27. The van der Waals surface area contributed by atoms with Crippen LogP contribution >= 0.6 is 11.6 Å². The highest BCUT2D eigenvalue weighted by Crippen LogP contribution is 2.31. The highest BCUT2D eigenvalue weighted by molar-refractivity contribution is 6.32. The smallest absolute Gasteiger partial charge is 0.142 e. The van der Waals surface area contributed by atoms with Gasteiger partial charge in [0, 0.05) is 6.07 Å². The zero-order valence-corrected chi connectivity index (χ0v) is 11.0. The van der Waals surface area contributed by atoms with Gasteiger partial charge in [-0.1, -0.05) is 32.4 Å². The molecule has 0 heterocycles. The highest BCUT2D eigenvalue weighted by Gasteiger charge is 2.14. The van der Waals surface area contributed by atoms with Crippen LogP contribution < -0.4 is 9.47 Å². The molecular weight excluding hydrogens is 224 g/mol. The molecule has 0 aliphatic heterocycles. The van der Waals surface area contributed by atoms with Crippen molar-refractivity contribution in [1.82, 2.24) is 0 Å². The first-order chi connectivity index (χ1) is 7.58. The van der Waals surface area contributed by atoms with Gasteiger partial charge in [-0.2, -0.15) is 0 Å². The molecule has 0 fully saturated rings. The summed E-state index contributed by atoms with van der Waals surface area (Å²) >= 11 is 6.08. The zero-order valence-electron chi connectivity index (χ0n) is 10.3. The van der Waals surface area contributed by atoms with Crippen molar-refractivity contribution in [1.29, 1.82) is 0 Å². The van der Waals surface area contributed by atoms with Crippen molar-refractivity contribution in [3.8, 4) is 11.5 Å². The molecule has 2 nitrogen and oxygen atoms in total. The number of benzene rings is 1. The van der Waals surface area contributed by atoms with Crippen molar-refractivity contribution in [2.24, 2.45) is 5.92 Å². The van der Waals surface area contributed by atoms with E-state index in [2.05, 4.69) is 20.8 Å². The minimum absolute atomic E-state index is 0.185. The van der Waals surface area contributed by atoms with Gasteiger partial charge in [-0.25, -0.2) is 0 Å². The van der Waals surface area contributed by atoms with Gasteiger partial charge in [-0.3, -0.25) is 0 Å². The molecule has 90 valence electrons. The summed E-state index contributed by atoms with van der Waals surface area (Å²) in [5.74, 6) is 1.92. The van der Waals surface area contributed by atoms with Crippen molar-refractivity contribution in [2.45, 2.75) is 33.3 Å². The van der Waals surface area contributed by atoms with E-state index in [1.807, 2.05) is 12.1 Å². The Hall–Kier alpha value is -0.890. The van der Waals surface area contributed by atoms with Gasteiger partial charge in [0.15, 0.2) is 0 Å². The van der Waals surface area contributed by atoms with Crippen LogP contribution in [0.25, 0.3) is 0 Å². The standard InChI is InChI=1S/C13H19ClO2/c1-5-12(9(2)3)16-13-8-10(15-4)6-7-11(13)14/h6-9,12H,5H2,1-4H3. The fourth-order valence-corrected chi connectivity index (χ4v) is 1.72. The molecule has 1 aromatic carbocycles. The number of ether oxygens (including phenoxy) is 2. The lowest BCUT2D eigenvalue weighted by atomic mass is 10.1. The van der Waals surface area contributed by atoms with Crippen molar-refractivity contribution < 1.29 is 9.47 Å². The third-order valence-corrected chi connectivity index (χ3v) is 2.87. The minimum atomic E-state index is 0.185. The van der Waals surface area contributed by atoms with Gasteiger partial charge in [0.2, 0.25) is 0 Å². The Balaban J connectivity index is 2.86. The Bertz CT molecular complexity index is 337. The molecule has 1 atom stereocenters. The maximum Gasteiger partial charge on any atom is 0.142 e. The maximum absolute atomic E-state index is 6.08. The second kappa shape index (κ2) is 6.00. The van der Waals surface area contributed by atoms with Crippen LogP contribution in [0.2, 0.25) is 5.02 Å². The molecule has 0 spiro atoms. The summed E-state index contributed by atoms with van der Waals surface area (Å²) in [4.78, 5) is 0. The molecule has 1 unspecified atom stereocenters. The van der Waals surface area contributed by atoms with E-state index >= 15 is 0 Å². The molecule has 0 radical (unpaired) electrons. The van der Waals surface area contributed by atoms with Crippen molar-refractivity contribution >= 4 is 11.6 Å². The SMILES string of the molecule is CCC(Oc1cc(OC)ccc1Cl)C(C)C. The number of hydrogen-bond donors (Lipinski definition) is 0. The van der Waals surface area contributed by atoms with Crippen LogP contribution in [-0.4, -0.2) is 13.2 Å². The van der Waals surface area contributed by atoms with Gasteiger partial charge in [0.1, 0.15) is 17.6 Å². The molecule has 3 heteroatoms. The Morgan fingerprint density at radius 3 is 2.50 bits per heavy atom. The summed E-state index contributed by atoms with van der Waals surface area (Å²) in [6.45, 7) is 6.39. The lowest BCUT2D eigenvalue weighted by Gasteiger charge is -2.22. The Labute approximate surface area is 103 Å². The largest absolute Gasteiger partial charge is 0.497 e. The van der Waals surface area contributed by atoms with Crippen LogP contribution in [0.3, 0.4) is 0 Å². The lowest BCUT2D eigenvalue weighted by molar-refractivity contribution is 0.147. The fraction of sp³-hybridized carbons (Fsp3) is 0.538. The molecule has 1 rings (SSSR count). The quantitative estimate of drug-likeness (QED) is 0.772. The third-order valence-electron chi connectivity index (χ3n) is 2.56. The van der Waals surface area contributed by atoms with E-state index in [1.54, 1.807) is 13.2 Å². The van der Waals surface area contributed by atoms with Gasteiger partial charge in [-0.05, 0) is 24.5 Å². The van der Waals surface area contributed by atoms with Gasteiger partial charge < -0.3 is 9.47 Å². The van der Waals surface area contributed by atoms with Crippen LogP contribution in [0.15, 0.2) is 18.2 Å². The first-order valence-corrected chi connectivity index (χ1v) is 5.96. The van der Waals surface area contributed by atoms with E-state index in [9.17, 15) is 0 Å². The third kappa shape index (κ3) is 3.31.